The first-order chi connectivity index (χ1) is 12.7. The van der Waals surface area contributed by atoms with E-state index in [1.807, 2.05) is 12.1 Å². The van der Waals surface area contributed by atoms with Gasteiger partial charge in [-0.25, -0.2) is 0 Å². The molecule has 6 nitrogen and oxygen atoms in total. The molecule has 140 valence electrons. The summed E-state index contributed by atoms with van der Waals surface area (Å²) in [6.45, 7) is 2.85. The van der Waals surface area contributed by atoms with Crippen LogP contribution in [0.4, 0.5) is 0 Å². The number of carbonyl (C=O) groups excluding carboxylic acids is 2. The molecule has 3 atom stereocenters. The summed E-state index contributed by atoms with van der Waals surface area (Å²) in [6, 6.07) is 7.88. The molecular formula is C20H28N3O3+. The number of rotatable bonds is 4. The Hall–Kier alpha value is -1.92. The molecule has 2 amide bonds. The van der Waals surface area contributed by atoms with Crippen molar-refractivity contribution in [3.8, 4) is 0 Å². The second-order valence-corrected chi connectivity index (χ2v) is 7.59. The number of amides is 2. The zero-order chi connectivity index (χ0) is 17.9. The van der Waals surface area contributed by atoms with E-state index in [4.69, 9.17) is 4.74 Å². The molecule has 0 unspecified atom stereocenters. The van der Waals surface area contributed by atoms with Gasteiger partial charge in [0, 0.05) is 31.7 Å². The lowest BCUT2D eigenvalue weighted by Crippen LogP contribution is -2.93. The Morgan fingerprint density at radius 3 is 2.85 bits per heavy atom. The average molecular weight is 358 g/mol. The summed E-state index contributed by atoms with van der Waals surface area (Å²) in [5.41, 5.74) is 2.57. The number of fused-ring (bicyclic) bond motifs is 1. The van der Waals surface area contributed by atoms with Gasteiger partial charge in [-0.3, -0.25) is 9.59 Å². The van der Waals surface area contributed by atoms with Gasteiger partial charge in [0.1, 0.15) is 12.6 Å². The number of nitrogens with one attached hydrogen (secondary N) is 1. The van der Waals surface area contributed by atoms with Crippen molar-refractivity contribution < 1.29 is 19.6 Å². The van der Waals surface area contributed by atoms with E-state index in [1.165, 1.54) is 11.1 Å². The number of hydrogen-bond donors (Lipinski definition) is 2. The monoisotopic (exact) mass is 358 g/mol. The molecule has 6 heteroatoms. The van der Waals surface area contributed by atoms with Crippen LogP contribution in [0.1, 0.15) is 36.8 Å². The van der Waals surface area contributed by atoms with Crippen LogP contribution >= 0.6 is 0 Å². The first-order valence-corrected chi connectivity index (χ1v) is 9.82. The third kappa shape index (κ3) is 3.62. The molecule has 3 aliphatic heterocycles. The first kappa shape index (κ1) is 17.5. The maximum Gasteiger partial charge on any atom is 0.281 e. The standard InChI is InChI=1S/C20H27N3O3/c24-19(22-13-16-7-4-10-26-16)18-8-3-9-23(18)20(25)17-11-14-5-1-2-6-15(14)12-21-17/h1-2,5-6,16-18,21H,3-4,7-13H2,(H,22,24)/p+1/t16-,17-,18-/m0/s1. The van der Waals surface area contributed by atoms with Crippen LogP contribution in [0, 0.1) is 0 Å². The Balaban J connectivity index is 1.36. The van der Waals surface area contributed by atoms with Gasteiger partial charge in [0.15, 0.2) is 6.04 Å². The van der Waals surface area contributed by atoms with E-state index in [-0.39, 0.29) is 30.0 Å². The lowest BCUT2D eigenvalue weighted by atomic mass is 9.95. The van der Waals surface area contributed by atoms with Crippen molar-refractivity contribution in [2.75, 3.05) is 19.7 Å². The summed E-state index contributed by atoms with van der Waals surface area (Å²) in [6.07, 6.45) is 4.60. The lowest BCUT2D eigenvalue weighted by Gasteiger charge is -2.29. The number of nitrogens with two attached hydrogens (primary N) is 1. The van der Waals surface area contributed by atoms with E-state index < -0.39 is 0 Å². The Kier molecular flexibility index (Phi) is 5.22. The van der Waals surface area contributed by atoms with Crippen LogP contribution in [-0.4, -0.2) is 54.6 Å². The second kappa shape index (κ2) is 7.76. The Morgan fingerprint density at radius 1 is 1.19 bits per heavy atom. The molecular weight excluding hydrogens is 330 g/mol. The van der Waals surface area contributed by atoms with Gasteiger partial charge in [0.05, 0.1) is 6.10 Å². The summed E-state index contributed by atoms with van der Waals surface area (Å²) in [4.78, 5) is 27.5. The number of carbonyl (C=O) groups is 2. The fraction of sp³-hybridized carbons (Fsp3) is 0.600. The van der Waals surface area contributed by atoms with E-state index in [1.54, 1.807) is 4.90 Å². The van der Waals surface area contributed by atoms with Gasteiger partial charge in [-0.15, -0.1) is 0 Å². The van der Waals surface area contributed by atoms with E-state index in [0.717, 1.165) is 45.3 Å². The molecule has 1 aromatic rings. The summed E-state index contributed by atoms with van der Waals surface area (Å²) in [5, 5.41) is 5.12. The summed E-state index contributed by atoms with van der Waals surface area (Å²) < 4.78 is 5.57. The van der Waals surface area contributed by atoms with Crippen LogP contribution in [0.25, 0.3) is 0 Å². The van der Waals surface area contributed by atoms with Crippen LogP contribution < -0.4 is 10.6 Å². The van der Waals surface area contributed by atoms with Crippen molar-refractivity contribution in [1.29, 1.82) is 0 Å². The zero-order valence-electron chi connectivity index (χ0n) is 15.2. The molecule has 2 saturated heterocycles. The first-order valence-electron chi connectivity index (χ1n) is 9.82. The fourth-order valence-corrected chi connectivity index (χ4v) is 4.39. The van der Waals surface area contributed by atoms with Crippen molar-refractivity contribution in [2.45, 2.75) is 56.8 Å². The molecule has 0 aliphatic carbocycles. The predicted octanol–water partition coefficient (Wildman–Crippen LogP) is -0.0391. The molecule has 3 N–H and O–H groups in total. The van der Waals surface area contributed by atoms with Crippen molar-refractivity contribution in [1.82, 2.24) is 10.2 Å². The normalized spacial score (nSPS) is 28.0. The van der Waals surface area contributed by atoms with Gasteiger partial charge in [0.25, 0.3) is 5.91 Å². The van der Waals surface area contributed by atoms with Crippen LogP contribution in [0.5, 0.6) is 0 Å². The van der Waals surface area contributed by atoms with Gasteiger partial charge >= 0.3 is 0 Å². The molecule has 0 bridgehead atoms. The number of benzene rings is 1. The quantitative estimate of drug-likeness (QED) is 0.793. The van der Waals surface area contributed by atoms with Crippen molar-refractivity contribution in [2.24, 2.45) is 0 Å². The topological polar surface area (TPSA) is 75.2 Å². The highest BCUT2D eigenvalue weighted by molar-refractivity contribution is 5.90. The van der Waals surface area contributed by atoms with E-state index in [2.05, 4.69) is 22.8 Å². The zero-order valence-corrected chi connectivity index (χ0v) is 15.2. The lowest BCUT2D eigenvalue weighted by molar-refractivity contribution is -0.695. The number of ether oxygens (including phenoxy) is 1. The van der Waals surface area contributed by atoms with Gasteiger partial charge in [-0.05, 0) is 31.2 Å². The largest absolute Gasteiger partial charge is 0.376 e. The highest BCUT2D eigenvalue weighted by atomic mass is 16.5. The molecule has 0 radical (unpaired) electrons. The van der Waals surface area contributed by atoms with Crippen molar-refractivity contribution in [3.05, 3.63) is 35.4 Å². The smallest absolute Gasteiger partial charge is 0.281 e. The molecule has 3 heterocycles. The maximum absolute atomic E-state index is 13.1. The van der Waals surface area contributed by atoms with Gasteiger partial charge in [-0.1, -0.05) is 24.3 Å². The second-order valence-electron chi connectivity index (χ2n) is 7.59. The Bertz CT molecular complexity index is 672. The predicted molar refractivity (Wildman–Crippen MR) is 96.3 cm³/mol. The van der Waals surface area contributed by atoms with Gasteiger partial charge < -0.3 is 20.3 Å². The van der Waals surface area contributed by atoms with E-state index in [0.29, 0.717) is 13.1 Å². The van der Waals surface area contributed by atoms with Crippen LogP contribution in [0.3, 0.4) is 0 Å². The highest BCUT2D eigenvalue weighted by Gasteiger charge is 2.39. The van der Waals surface area contributed by atoms with Crippen LogP contribution in [0.2, 0.25) is 0 Å². The third-order valence-electron chi connectivity index (χ3n) is 5.86. The SMILES string of the molecule is O=C(NC[C@@H]1CCCO1)[C@@H]1CCCN1C(=O)[C@@H]1Cc2ccccc2C[NH2+]1. The van der Waals surface area contributed by atoms with Crippen molar-refractivity contribution in [3.63, 3.8) is 0 Å². The van der Waals surface area contributed by atoms with E-state index >= 15 is 0 Å². The summed E-state index contributed by atoms with van der Waals surface area (Å²) >= 11 is 0. The van der Waals surface area contributed by atoms with Crippen LogP contribution in [-0.2, 0) is 27.3 Å². The fourth-order valence-electron chi connectivity index (χ4n) is 4.39. The third-order valence-corrected chi connectivity index (χ3v) is 5.86. The number of nitrogens with zero attached hydrogens (tertiary/aromatic N) is 1. The maximum atomic E-state index is 13.1. The van der Waals surface area contributed by atoms with Crippen LogP contribution in [0.15, 0.2) is 24.3 Å². The average Bonchev–Trinajstić information content (AvgIpc) is 3.37. The minimum Gasteiger partial charge on any atom is -0.376 e. The molecule has 2 fully saturated rings. The summed E-state index contributed by atoms with van der Waals surface area (Å²) in [7, 11) is 0. The Labute approximate surface area is 154 Å². The molecule has 1 aromatic carbocycles. The van der Waals surface area contributed by atoms with Gasteiger partial charge in [-0.2, -0.15) is 0 Å². The number of quaternary nitrogens is 1. The summed E-state index contributed by atoms with van der Waals surface area (Å²) in [5.74, 6) is 0.0804. The number of hydrogen-bond acceptors (Lipinski definition) is 3. The minimum absolute atomic E-state index is 0.0254. The molecule has 3 aliphatic rings. The van der Waals surface area contributed by atoms with Crippen molar-refractivity contribution >= 4 is 11.8 Å². The highest BCUT2D eigenvalue weighted by Crippen LogP contribution is 2.21. The minimum atomic E-state index is -0.325. The number of likely N-dealkylation sites (tertiary alicyclic amines) is 1. The van der Waals surface area contributed by atoms with Gasteiger partial charge in [0.2, 0.25) is 5.91 Å². The van der Waals surface area contributed by atoms with E-state index in [9.17, 15) is 9.59 Å². The molecule has 0 spiro atoms. The molecule has 26 heavy (non-hydrogen) atoms. The Morgan fingerprint density at radius 2 is 2.04 bits per heavy atom. The molecule has 4 rings (SSSR count). The molecule has 0 aromatic heterocycles. The molecule has 0 saturated carbocycles.